The van der Waals surface area contributed by atoms with Crippen LogP contribution in [0.4, 0.5) is 5.69 Å². The molecule has 84 valence electrons. The first-order chi connectivity index (χ1) is 7.29. The van der Waals surface area contributed by atoms with Crippen molar-refractivity contribution in [2.45, 2.75) is 32.2 Å². The zero-order valence-corrected chi connectivity index (χ0v) is 9.13. The molecule has 0 aliphatic carbocycles. The summed E-state index contributed by atoms with van der Waals surface area (Å²) in [5.41, 5.74) is 0.729. The quantitative estimate of drug-likeness (QED) is 0.707. The van der Waals surface area contributed by atoms with Gasteiger partial charge in [-0.3, -0.25) is 10.3 Å². The Morgan fingerprint density at radius 3 is 2.47 bits per heavy atom. The Balaban J connectivity index is 2.60. The molecule has 3 nitrogen and oxygen atoms in total. The Labute approximate surface area is 90.9 Å². The number of benzene rings is 1. The Bertz CT molecular complexity index is 264. The largest absolute Gasteiger partial charge is 0.394 e. The first kappa shape index (κ1) is 12.0. The average Bonchev–Trinajstić information content (AvgIpc) is 2.31. The number of aliphatic hydroxyl groups excluding tert-OH is 1. The van der Waals surface area contributed by atoms with Crippen LogP contribution in [0.2, 0.25) is 0 Å². The fraction of sp³-hybridized carbons (Fsp3) is 0.500. The SMILES string of the molecule is CCCC[C@@H](CO)N(O)c1ccccc1. The van der Waals surface area contributed by atoms with Crippen molar-refractivity contribution < 1.29 is 10.3 Å². The number of nitrogens with zero attached hydrogens (tertiary/aromatic N) is 1. The average molecular weight is 209 g/mol. The van der Waals surface area contributed by atoms with Gasteiger partial charge in [-0.25, -0.2) is 0 Å². The van der Waals surface area contributed by atoms with E-state index in [1.165, 1.54) is 0 Å². The van der Waals surface area contributed by atoms with Gasteiger partial charge >= 0.3 is 0 Å². The predicted molar refractivity (Wildman–Crippen MR) is 61.1 cm³/mol. The second-order valence-corrected chi connectivity index (χ2v) is 3.66. The molecule has 0 unspecified atom stereocenters. The first-order valence-corrected chi connectivity index (χ1v) is 5.43. The minimum absolute atomic E-state index is 0.0224. The summed E-state index contributed by atoms with van der Waals surface area (Å²) in [7, 11) is 0. The highest BCUT2D eigenvalue weighted by Gasteiger charge is 2.15. The summed E-state index contributed by atoms with van der Waals surface area (Å²) < 4.78 is 0. The number of para-hydroxylation sites is 1. The molecule has 0 radical (unpaired) electrons. The van der Waals surface area contributed by atoms with E-state index in [0.717, 1.165) is 30.0 Å². The molecule has 0 saturated carbocycles. The van der Waals surface area contributed by atoms with Gasteiger partial charge in [0, 0.05) is 0 Å². The fourth-order valence-electron chi connectivity index (χ4n) is 1.52. The third-order valence-electron chi connectivity index (χ3n) is 2.47. The molecule has 1 aromatic carbocycles. The van der Waals surface area contributed by atoms with Crippen LogP contribution in [0.15, 0.2) is 30.3 Å². The molecule has 1 aromatic rings. The molecule has 0 aromatic heterocycles. The smallest absolute Gasteiger partial charge is 0.0794 e. The summed E-state index contributed by atoms with van der Waals surface area (Å²) in [6, 6.07) is 9.09. The molecule has 0 amide bonds. The normalized spacial score (nSPS) is 12.5. The first-order valence-electron chi connectivity index (χ1n) is 5.43. The summed E-state index contributed by atoms with van der Waals surface area (Å²) in [4.78, 5) is 0. The van der Waals surface area contributed by atoms with Crippen molar-refractivity contribution in [3.63, 3.8) is 0 Å². The van der Waals surface area contributed by atoms with E-state index in [-0.39, 0.29) is 12.6 Å². The van der Waals surface area contributed by atoms with Gasteiger partial charge in [-0.05, 0) is 18.6 Å². The van der Waals surface area contributed by atoms with E-state index < -0.39 is 0 Å². The second kappa shape index (κ2) is 6.43. The lowest BCUT2D eigenvalue weighted by Gasteiger charge is -2.26. The van der Waals surface area contributed by atoms with Crippen LogP contribution < -0.4 is 5.06 Å². The molecule has 0 spiro atoms. The Morgan fingerprint density at radius 1 is 1.27 bits per heavy atom. The number of hydrogen-bond donors (Lipinski definition) is 2. The highest BCUT2D eigenvalue weighted by Crippen LogP contribution is 2.16. The topological polar surface area (TPSA) is 43.7 Å². The molecule has 0 aliphatic heterocycles. The maximum Gasteiger partial charge on any atom is 0.0794 e. The zero-order chi connectivity index (χ0) is 11.1. The van der Waals surface area contributed by atoms with Crippen molar-refractivity contribution in [2.75, 3.05) is 11.7 Å². The van der Waals surface area contributed by atoms with Gasteiger partial charge in [0.2, 0.25) is 0 Å². The number of anilines is 1. The Kier molecular flexibility index (Phi) is 5.15. The summed E-state index contributed by atoms with van der Waals surface area (Å²) in [6.45, 7) is 2.07. The lowest BCUT2D eigenvalue weighted by molar-refractivity contribution is 0.153. The van der Waals surface area contributed by atoms with Crippen LogP contribution in [0.25, 0.3) is 0 Å². The molecular weight excluding hydrogens is 190 g/mol. The van der Waals surface area contributed by atoms with E-state index in [0.29, 0.717) is 0 Å². The van der Waals surface area contributed by atoms with E-state index >= 15 is 0 Å². The maximum absolute atomic E-state index is 9.88. The van der Waals surface area contributed by atoms with Crippen molar-refractivity contribution >= 4 is 5.69 Å². The molecular formula is C12H19NO2. The number of hydrogen-bond acceptors (Lipinski definition) is 3. The number of hydroxylamine groups is 1. The van der Waals surface area contributed by atoms with E-state index in [4.69, 9.17) is 0 Å². The van der Waals surface area contributed by atoms with Crippen molar-refractivity contribution in [2.24, 2.45) is 0 Å². The molecule has 0 aliphatic rings. The van der Waals surface area contributed by atoms with E-state index in [2.05, 4.69) is 6.92 Å². The van der Waals surface area contributed by atoms with Crippen LogP contribution in [-0.2, 0) is 0 Å². The minimum Gasteiger partial charge on any atom is -0.394 e. The summed E-state index contributed by atoms with van der Waals surface area (Å²) in [6.07, 6.45) is 2.88. The predicted octanol–water partition coefficient (Wildman–Crippen LogP) is 2.43. The van der Waals surface area contributed by atoms with Gasteiger partial charge in [-0.15, -0.1) is 0 Å². The van der Waals surface area contributed by atoms with Crippen molar-refractivity contribution in [1.29, 1.82) is 0 Å². The Hall–Kier alpha value is -1.06. The van der Waals surface area contributed by atoms with Gasteiger partial charge in [-0.1, -0.05) is 38.0 Å². The molecule has 2 N–H and O–H groups in total. The molecule has 0 saturated heterocycles. The lowest BCUT2D eigenvalue weighted by Crippen LogP contribution is -2.35. The van der Waals surface area contributed by atoms with Crippen LogP contribution in [0.1, 0.15) is 26.2 Å². The van der Waals surface area contributed by atoms with Gasteiger partial charge in [0.05, 0.1) is 18.3 Å². The van der Waals surface area contributed by atoms with Gasteiger partial charge in [0.1, 0.15) is 0 Å². The van der Waals surface area contributed by atoms with Crippen LogP contribution in [0.5, 0.6) is 0 Å². The Morgan fingerprint density at radius 2 is 1.93 bits per heavy atom. The summed E-state index contributed by atoms with van der Waals surface area (Å²) in [5, 5.41) is 20.2. The van der Waals surface area contributed by atoms with E-state index in [9.17, 15) is 10.3 Å². The third kappa shape index (κ3) is 3.53. The van der Waals surface area contributed by atoms with Crippen LogP contribution in [0, 0.1) is 0 Å². The van der Waals surface area contributed by atoms with Crippen LogP contribution in [-0.4, -0.2) is 23.0 Å². The zero-order valence-electron chi connectivity index (χ0n) is 9.13. The maximum atomic E-state index is 9.88. The number of unbranched alkanes of at least 4 members (excludes halogenated alkanes) is 1. The van der Waals surface area contributed by atoms with Gasteiger partial charge in [0.25, 0.3) is 0 Å². The molecule has 15 heavy (non-hydrogen) atoms. The van der Waals surface area contributed by atoms with Crippen molar-refractivity contribution in [3.05, 3.63) is 30.3 Å². The monoisotopic (exact) mass is 209 g/mol. The van der Waals surface area contributed by atoms with Crippen LogP contribution >= 0.6 is 0 Å². The highest BCUT2D eigenvalue weighted by atomic mass is 16.5. The van der Waals surface area contributed by atoms with Gasteiger partial charge < -0.3 is 5.11 Å². The lowest BCUT2D eigenvalue weighted by atomic mass is 10.1. The molecule has 0 heterocycles. The highest BCUT2D eigenvalue weighted by molar-refractivity contribution is 5.43. The molecule has 1 atom stereocenters. The minimum atomic E-state index is -0.202. The third-order valence-corrected chi connectivity index (χ3v) is 2.47. The second-order valence-electron chi connectivity index (χ2n) is 3.66. The van der Waals surface area contributed by atoms with Crippen molar-refractivity contribution in [1.82, 2.24) is 0 Å². The van der Waals surface area contributed by atoms with E-state index in [1.807, 2.05) is 30.3 Å². The summed E-state index contributed by atoms with van der Waals surface area (Å²) >= 11 is 0. The summed E-state index contributed by atoms with van der Waals surface area (Å²) in [5.74, 6) is 0. The van der Waals surface area contributed by atoms with E-state index in [1.54, 1.807) is 0 Å². The molecule has 0 fully saturated rings. The molecule has 0 bridgehead atoms. The molecule has 1 rings (SSSR count). The van der Waals surface area contributed by atoms with Gasteiger partial charge in [-0.2, -0.15) is 0 Å². The number of rotatable bonds is 6. The molecule has 3 heteroatoms. The van der Waals surface area contributed by atoms with Gasteiger partial charge in [0.15, 0.2) is 0 Å². The van der Waals surface area contributed by atoms with Crippen LogP contribution in [0.3, 0.4) is 0 Å². The standard InChI is InChI=1S/C12H19NO2/c1-2-3-7-12(10-14)13(15)11-8-5-4-6-9-11/h4-6,8-9,12,14-15H,2-3,7,10H2,1H3/t12-/m0/s1. The fourth-order valence-corrected chi connectivity index (χ4v) is 1.52. The van der Waals surface area contributed by atoms with Crippen molar-refractivity contribution in [3.8, 4) is 0 Å². The number of aliphatic hydroxyl groups is 1.